The first-order valence-electron chi connectivity index (χ1n) is 7.65. The molecule has 0 heteroatoms. The largest absolute Gasteiger partial charge is 0.0613 e. The van der Waals surface area contributed by atoms with Crippen LogP contribution in [0, 0.1) is 12.3 Å². The summed E-state index contributed by atoms with van der Waals surface area (Å²) in [5.41, 5.74) is 4.93. The highest BCUT2D eigenvalue weighted by Crippen LogP contribution is 2.59. The van der Waals surface area contributed by atoms with Gasteiger partial charge in [0.1, 0.15) is 0 Å². The fourth-order valence-corrected chi connectivity index (χ4v) is 4.05. The monoisotopic (exact) mass is 266 g/mol. The number of aryl methyl sites for hydroxylation is 1. The quantitative estimate of drug-likeness (QED) is 0.570. The molecule has 0 unspecified atom stereocenters. The minimum absolute atomic E-state index is 0.162. The number of hydrogen-bond acceptors (Lipinski definition) is 0. The molecule has 0 atom stereocenters. The van der Waals surface area contributed by atoms with E-state index >= 15 is 0 Å². The van der Waals surface area contributed by atoms with Gasteiger partial charge >= 0.3 is 0 Å². The lowest BCUT2D eigenvalue weighted by atomic mass is 9.47. The average molecular weight is 266 g/mol. The van der Waals surface area contributed by atoms with Crippen LogP contribution in [0.15, 0.2) is 30.3 Å². The summed E-state index contributed by atoms with van der Waals surface area (Å²) < 4.78 is 0. The molecule has 0 saturated carbocycles. The van der Waals surface area contributed by atoms with Gasteiger partial charge in [0.05, 0.1) is 0 Å². The van der Waals surface area contributed by atoms with E-state index in [0.29, 0.717) is 0 Å². The highest BCUT2D eigenvalue weighted by atomic mass is 14.6. The smallest absolute Gasteiger partial charge is 0.00378 e. The lowest BCUT2D eigenvalue weighted by Crippen LogP contribution is -2.52. The van der Waals surface area contributed by atoms with E-state index in [0.717, 1.165) is 0 Å². The Bertz CT molecular complexity index is 699. The molecule has 0 aliphatic heterocycles. The highest BCUT2D eigenvalue weighted by molar-refractivity contribution is 5.92. The first kappa shape index (κ1) is 13.7. The molecule has 0 bridgehead atoms. The Morgan fingerprint density at radius 2 is 1.35 bits per heavy atom. The molecule has 1 aliphatic rings. The molecular formula is C20H26. The summed E-state index contributed by atoms with van der Waals surface area (Å²) >= 11 is 0. The third-order valence-electron chi connectivity index (χ3n) is 6.59. The summed E-state index contributed by atoms with van der Waals surface area (Å²) in [6.45, 7) is 16.7. The van der Waals surface area contributed by atoms with Gasteiger partial charge in [-0.3, -0.25) is 0 Å². The fourth-order valence-electron chi connectivity index (χ4n) is 4.05. The van der Waals surface area contributed by atoms with E-state index in [4.69, 9.17) is 0 Å². The van der Waals surface area contributed by atoms with Crippen LogP contribution in [0.1, 0.15) is 58.2 Å². The minimum Gasteiger partial charge on any atom is -0.0613 e. The second kappa shape index (κ2) is 3.67. The molecule has 1 aliphatic carbocycles. The third-order valence-corrected chi connectivity index (χ3v) is 6.59. The summed E-state index contributed by atoms with van der Waals surface area (Å²) in [5, 5.41) is 2.89. The standard InChI is InChI=1S/C20H26/c1-13-11-14-9-8-10-15-17(14)16(12-13)19(4,5)20(6,7)18(15,2)3/h8-12H,1-7H3. The maximum absolute atomic E-state index is 2.43. The van der Waals surface area contributed by atoms with Crippen molar-refractivity contribution in [2.45, 2.75) is 59.3 Å². The molecule has 0 saturated heterocycles. The first-order valence-corrected chi connectivity index (χ1v) is 7.65. The first-order chi connectivity index (χ1) is 9.10. The summed E-state index contributed by atoms with van der Waals surface area (Å²) in [6.07, 6.45) is 0. The zero-order chi connectivity index (χ0) is 14.9. The average Bonchev–Trinajstić information content (AvgIpc) is 2.34. The molecule has 2 aromatic rings. The summed E-state index contributed by atoms with van der Waals surface area (Å²) in [7, 11) is 0. The van der Waals surface area contributed by atoms with E-state index in [2.05, 4.69) is 78.8 Å². The lowest BCUT2D eigenvalue weighted by molar-refractivity contribution is 0.0869. The van der Waals surface area contributed by atoms with Crippen molar-refractivity contribution in [3.8, 4) is 0 Å². The zero-order valence-corrected chi connectivity index (χ0v) is 13.9. The van der Waals surface area contributed by atoms with Crippen molar-refractivity contribution in [2.24, 2.45) is 5.41 Å². The molecule has 0 nitrogen and oxygen atoms in total. The number of rotatable bonds is 0. The molecule has 0 spiro atoms. The topological polar surface area (TPSA) is 0 Å². The predicted molar refractivity (Wildman–Crippen MR) is 88.5 cm³/mol. The van der Waals surface area contributed by atoms with Gasteiger partial charge < -0.3 is 0 Å². The van der Waals surface area contributed by atoms with Gasteiger partial charge in [-0.25, -0.2) is 0 Å². The highest BCUT2D eigenvalue weighted by Gasteiger charge is 2.53. The van der Waals surface area contributed by atoms with E-state index in [1.165, 1.54) is 27.5 Å². The Hall–Kier alpha value is -1.30. The second-order valence-corrected chi connectivity index (χ2v) is 8.09. The molecular weight excluding hydrogens is 240 g/mol. The fraction of sp³-hybridized carbons (Fsp3) is 0.500. The molecule has 0 fully saturated rings. The van der Waals surface area contributed by atoms with E-state index in [1.807, 2.05) is 0 Å². The SMILES string of the molecule is Cc1cc2c3c(cccc3c1)C(C)(C)C(C)(C)C2(C)C. The number of hydrogen-bond donors (Lipinski definition) is 0. The summed E-state index contributed by atoms with van der Waals surface area (Å²) in [6, 6.07) is 11.5. The Morgan fingerprint density at radius 1 is 0.750 bits per heavy atom. The van der Waals surface area contributed by atoms with Gasteiger partial charge in [0, 0.05) is 0 Å². The molecule has 20 heavy (non-hydrogen) atoms. The minimum atomic E-state index is 0.162. The van der Waals surface area contributed by atoms with Crippen LogP contribution in [0.5, 0.6) is 0 Å². The van der Waals surface area contributed by atoms with Crippen molar-refractivity contribution in [2.75, 3.05) is 0 Å². The maximum atomic E-state index is 2.43. The van der Waals surface area contributed by atoms with Gasteiger partial charge in [0.15, 0.2) is 0 Å². The van der Waals surface area contributed by atoms with Crippen LogP contribution < -0.4 is 0 Å². The van der Waals surface area contributed by atoms with Crippen LogP contribution in [0.4, 0.5) is 0 Å². The van der Waals surface area contributed by atoms with Crippen molar-refractivity contribution in [3.05, 3.63) is 47.0 Å². The molecule has 0 aromatic heterocycles. The van der Waals surface area contributed by atoms with Gasteiger partial charge in [0.25, 0.3) is 0 Å². The van der Waals surface area contributed by atoms with Crippen molar-refractivity contribution in [3.63, 3.8) is 0 Å². The Labute approximate surface area is 123 Å². The predicted octanol–water partition coefficient (Wildman–Crippen LogP) is 5.74. The molecule has 106 valence electrons. The summed E-state index contributed by atoms with van der Waals surface area (Å²) in [5.74, 6) is 0. The van der Waals surface area contributed by atoms with E-state index in [9.17, 15) is 0 Å². The molecule has 0 radical (unpaired) electrons. The Morgan fingerprint density at radius 3 is 2.00 bits per heavy atom. The van der Waals surface area contributed by atoms with Crippen molar-refractivity contribution in [1.82, 2.24) is 0 Å². The van der Waals surface area contributed by atoms with Crippen LogP contribution >= 0.6 is 0 Å². The zero-order valence-electron chi connectivity index (χ0n) is 13.9. The lowest BCUT2D eigenvalue weighted by Gasteiger charge is -2.57. The van der Waals surface area contributed by atoms with Crippen LogP contribution in [-0.4, -0.2) is 0 Å². The van der Waals surface area contributed by atoms with Gasteiger partial charge in [-0.15, -0.1) is 0 Å². The maximum Gasteiger partial charge on any atom is -0.00378 e. The Balaban J connectivity index is 2.57. The van der Waals surface area contributed by atoms with E-state index in [-0.39, 0.29) is 16.2 Å². The second-order valence-electron chi connectivity index (χ2n) is 8.09. The third kappa shape index (κ3) is 1.38. The van der Waals surface area contributed by atoms with Crippen LogP contribution in [0.25, 0.3) is 10.8 Å². The van der Waals surface area contributed by atoms with E-state index in [1.54, 1.807) is 0 Å². The normalized spacial score (nSPS) is 21.9. The van der Waals surface area contributed by atoms with Gasteiger partial charge in [-0.05, 0) is 45.1 Å². The van der Waals surface area contributed by atoms with Crippen LogP contribution in [0.3, 0.4) is 0 Å². The van der Waals surface area contributed by atoms with Crippen LogP contribution in [0.2, 0.25) is 0 Å². The van der Waals surface area contributed by atoms with Crippen molar-refractivity contribution < 1.29 is 0 Å². The van der Waals surface area contributed by atoms with E-state index < -0.39 is 0 Å². The molecule has 0 heterocycles. The van der Waals surface area contributed by atoms with Crippen LogP contribution in [-0.2, 0) is 10.8 Å². The molecule has 3 rings (SSSR count). The number of benzene rings is 2. The van der Waals surface area contributed by atoms with Crippen molar-refractivity contribution in [1.29, 1.82) is 0 Å². The summed E-state index contributed by atoms with van der Waals surface area (Å²) in [4.78, 5) is 0. The molecule has 0 N–H and O–H groups in total. The van der Waals surface area contributed by atoms with Gasteiger partial charge in [0.2, 0.25) is 0 Å². The Kier molecular flexibility index (Phi) is 2.51. The van der Waals surface area contributed by atoms with Gasteiger partial charge in [-0.2, -0.15) is 0 Å². The van der Waals surface area contributed by atoms with Gasteiger partial charge in [-0.1, -0.05) is 77.4 Å². The molecule has 0 amide bonds. The molecule has 2 aromatic carbocycles. The van der Waals surface area contributed by atoms with Crippen molar-refractivity contribution >= 4 is 10.8 Å².